The number of anilines is 1. The normalized spacial score (nSPS) is 14.2. The number of hydroxylamine groups is 1. The molecule has 29 heavy (non-hydrogen) atoms. The number of hydrogen-bond acceptors (Lipinski definition) is 4. The van der Waals surface area contributed by atoms with E-state index in [1.807, 2.05) is 24.3 Å². The summed E-state index contributed by atoms with van der Waals surface area (Å²) in [4.78, 5) is 21.7. The number of aromatic amines is 1. The Hall–Kier alpha value is -2.83. The second-order valence-corrected chi connectivity index (χ2v) is 7.16. The number of hydrogen-bond donors (Lipinski definition) is 3. The van der Waals surface area contributed by atoms with Crippen molar-refractivity contribution in [3.8, 4) is 0 Å². The Bertz CT molecular complexity index is 992. The van der Waals surface area contributed by atoms with Crippen molar-refractivity contribution in [2.75, 3.05) is 18.0 Å². The van der Waals surface area contributed by atoms with Crippen LogP contribution in [-0.4, -0.2) is 34.2 Å². The molecule has 1 fully saturated rings. The van der Waals surface area contributed by atoms with Gasteiger partial charge in [0.15, 0.2) is 0 Å². The Balaban J connectivity index is 0.00000240. The van der Waals surface area contributed by atoms with Crippen molar-refractivity contribution in [2.24, 2.45) is 0 Å². The van der Waals surface area contributed by atoms with E-state index in [9.17, 15) is 4.79 Å². The SMILES string of the molecule is Cl.O=C(/C=C/c1ccc(Cc2nc3ccc(N4CCCCC4)cc3[nH]2)cc1)NO. The highest BCUT2D eigenvalue weighted by Gasteiger charge is 2.12. The third-order valence-electron chi connectivity index (χ3n) is 5.12. The fourth-order valence-corrected chi connectivity index (χ4v) is 3.63. The van der Waals surface area contributed by atoms with Gasteiger partial charge in [0.2, 0.25) is 0 Å². The predicted molar refractivity (Wildman–Crippen MR) is 118 cm³/mol. The quantitative estimate of drug-likeness (QED) is 0.335. The van der Waals surface area contributed by atoms with Crippen LogP contribution in [0.3, 0.4) is 0 Å². The molecule has 1 aliphatic heterocycles. The second-order valence-electron chi connectivity index (χ2n) is 7.16. The average Bonchev–Trinajstić information content (AvgIpc) is 3.15. The molecule has 0 unspecified atom stereocenters. The van der Waals surface area contributed by atoms with Crippen LogP contribution in [0, 0.1) is 0 Å². The fraction of sp³-hybridized carbons (Fsp3) is 0.273. The minimum atomic E-state index is -0.546. The number of imidazole rings is 1. The topological polar surface area (TPSA) is 81.2 Å². The number of fused-ring (bicyclic) bond motifs is 1. The Kier molecular flexibility index (Phi) is 6.90. The predicted octanol–water partition coefficient (Wildman–Crippen LogP) is 4.08. The van der Waals surface area contributed by atoms with Crippen molar-refractivity contribution in [1.82, 2.24) is 15.4 Å². The molecule has 0 spiro atoms. The lowest BCUT2D eigenvalue weighted by molar-refractivity contribution is -0.124. The van der Waals surface area contributed by atoms with Gasteiger partial charge in [0.25, 0.3) is 5.91 Å². The number of carbonyl (C=O) groups excluding carboxylic acids is 1. The molecular weight excluding hydrogens is 388 g/mol. The zero-order valence-electron chi connectivity index (χ0n) is 16.1. The third-order valence-corrected chi connectivity index (χ3v) is 5.12. The molecule has 7 heteroatoms. The van der Waals surface area contributed by atoms with E-state index in [0.29, 0.717) is 0 Å². The molecular formula is C22H25ClN4O2. The van der Waals surface area contributed by atoms with Gasteiger partial charge in [-0.2, -0.15) is 0 Å². The molecule has 0 bridgehead atoms. The molecule has 2 aromatic carbocycles. The number of nitrogens with one attached hydrogen (secondary N) is 2. The minimum Gasteiger partial charge on any atom is -0.371 e. The maximum atomic E-state index is 11.0. The van der Waals surface area contributed by atoms with Crippen LogP contribution in [0.15, 0.2) is 48.5 Å². The van der Waals surface area contributed by atoms with Crippen LogP contribution in [0.25, 0.3) is 17.1 Å². The van der Waals surface area contributed by atoms with Crippen molar-refractivity contribution in [3.63, 3.8) is 0 Å². The van der Waals surface area contributed by atoms with Gasteiger partial charge in [0.1, 0.15) is 5.82 Å². The van der Waals surface area contributed by atoms with Crippen LogP contribution < -0.4 is 10.4 Å². The van der Waals surface area contributed by atoms with Gasteiger partial charge in [-0.3, -0.25) is 10.0 Å². The van der Waals surface area contributed by atoms with Gasteiger partial charge >= 0.3 is 0 Å². The zero-order chi connectivity index (χ0) is 19.3. The lowest BCUT2D eigenvalue weighted by Gasteiger charge is -2.28. The smallest absolute Gasteiger partial charge is 0.267 e. The maximum Gasteiger partial charge on any atom is 0.267 e. The summed E-state index contributed by atoms with van der Waals surface area (Å²) in [7, 11) is 0. The monoisotopic (exact) mass is 412 g/mol. The summed E-state index contributed by atoms with van der Waals surface area (Å²) in [6.45, 7) is 2.26. The van der Waals surface area contributed by atoms with E-state index >= 15 is 0 Å². The van der Waals surface area contributed by atoms with Gasteiger partial charge in [-0.25, -0.2) is 10.5 Å². The van der Waals surface area contributed by atoms with Gasteiger partial charge in [0, 0.05) is 31.3 Å². The second kappa shape index (κ2) is 9.58. The Morgan fingerprint density at radius 3 is 2.62 bits per heavy atom. The van der Waals surface area contributed by atoms with E-state index in [-0.39, 0.29) is 12.4 Å². The van der Waals surface area contributed by atoms with E-state index in [2.05, 4.69) is 28.1 Å². The number of halogens is 1. The number of rotatable bonds is 5. The van der Waals surface area contributed by atoms with Crippen LogP contribution in [0.1, 0.15) is 36.2 Å². The van der Waals surface area contributed by atoms with Crippen LogP contribution in [0.2, 0.25) is 0 Å². The summed E-state index contributed by atoms with van der Waals surface area (Å²) in [6, 6.07) is 14.4. The van der Waals surface area contributed by atoms with E-state index in [0.717, 1.165) is 47.5 Å². The van der Waals surface area contributed by atoms with Crippen molar-refractivity contribution in [1.29, 1.82) is 0 Å². The largest absolute Gasteiger partial charge is 0.371 e. The number of H-pyrrole nitrogens is 1. The highest BCUT2D eigenvalue weighted by Crippen LogP contribution is 2.24. The molecule has 0 atom stereocenters. The van der Waals surface area contributed by atoms with Crippen LogP contribution in [-0.2, 0) is 11.2 Å². The van der Waals surface area contributed by atoms with Crippen LogP contribution in [0.5, 0.6) is 0 Å². The molecule has 1 saturated heterocycles. The van der Waals surface area contributed by atoms with Crippen molar-refractivity contribution in [2.45, 2.75) is 25.7 Å². The molecule has 2 heterocycles. The number of nitrogens with zero attached hydrogens (tertiary/aromatic N) is 2. The number of aromatic nitrogens is 2. The first kappa shape index (κ1) is 20.9. The summed E-state index contributed by atoms with van der Waals surface area (Å²) in [5.41, 5.74) is 6.94. The molecule has 0 aliphatic carbocycles. The Morgan fingerprint density at radius 1 is 1.14 bits per heavy atom. The van der Waals surface area contributed by atoms with Crippen molar-refractivity contribution in [3.05, 3.63) is 65.5 Å². The van der Waals surface area contributed by atoms with Gasteiger partial charge in [-0.05, 0) is 54.7 Å². The van der Waals surface area contributed by atoms with E-state index in [4.69, 9.17) is 10.2 Å². The first-order valence-corrected chi connectivity index (χ1v) is 9.66. The van der Waals surface area contributed by atoms with Gasteiger partial charge in [0.05, 0.1) is 11.0 Å². The van der Waals surface area contributed by atoms with Crippen molar-refractivity contribution < 1.29 is 10.0 Å². The summed E-state index contributed by atoms with van der Waals surface area (Å²) in [6.07, 6.45) is 7.52. The van der Waals surface area contributed by atoms with E-state index < -0.39 is 5.91 Å². The fourth-order valence-electron chi connectivity index (χ4n) is 3.63. The summed E-state index contributed by atoms with van der Waals surface area (Å²) >= 11 is 0. The molecule has 6 nitrogen and oxygen atoms in total. The molecule has 0 saturated carbocycles. The Morgan fingerprint density at radius 2 is 1.90 bits per heavy atom. The number of carbonyl (C=O) groups is 1. The molecule has 4 rings (SSSR count). The first-order chi connectivity index (χ1) is 13.7. The molecule has 3 aromatic rings. The zero-order valence-corrected chi connectivity index (χ0v) is 16.9. The lowest BCUT2D eigenvalue weighted by atomic mass is 10.1. The minimum absolute atomic E-state index is 0. The number of amides is 1. The average molecular weight is 413 g/mol. The molecule has 0 radical (unpaired) electrons. The first-order valence-electron chi connectivity index (χ1n) is 9.66. The molecule has 1 amide bonds. The van der Waals surface area contributed by atoms with Crippen LogP contribution in [0.4, 0.5) is 5.69 Å². The van der Waals surface area contributed by atoms with Crippen molar-refractivity contribution >= 4 is 41.1 Å². The molecule has 152 valence electrons. The maximum absolute atomic E-state index is 11.0. The summed E-state index contributed by atoms with van der Waals surface area (Å²) < 4.78 is 0. The highest BCUT2D eigenvalue weighted by molar-refractivity contribution is 5.90. The molecule has 3 N–H and O–H groups in total. The molecule has 1 aliphatic rings. The van der Waals surface area contributed by atoms with Gasteiger partial charge < -0.3 is 9.88 Å². The van der Waals surface area contributed by atoms with Gasteiger partial charge in [-0.15, -0.1) is 12.4 Å². The van der Waals surface area contributed by atoms with Crippen LogP contribution >= 0.6 is 12.4 Å². The Labute approximate surface area is 176 Å². The van der Waals surface area contributed by atoms with E-state index in [1.54, 1.807) is 11.6 Å². The summed E-state index contributed by atoms with van der Waals surface area (Å²) in [5, 5.41) is 8.51. The van der Waals surface area contributed by atoms with E-state index in [1.165, 1.54) is 31.0 Å². The molecule has 1 aromatic heterocycles. The number of benzene rings is 2. The lowest BCUT2D eigenvalue weighted by Crippen LogP contribution is -2.29. The standard InChI is InChI=1S/C22H24N4O2.ClH/c27-22(25-28)11-8-16-4-6-17(7-5-16)14-21-23-19-10-9-18(15-20(19)24-21)26-12-2-1-3-13-26;/h4-11,15,28H,1-3,12-14H2,(H,23,24)(H,25,27);1H/b11-8+;. The summed E-state index contributed by atoms with van der Waals surface area (Å²) in [5.74, 6) is 0.393. The number of piperidine rings is 1. The highest BCUT2D eigenvalue weighted by atomic mass is 35.5. The van der Waals surface area contributed by atoms with Gasteiger partial charge in [-0.1, -0.05) is 24.3 Å². The third kappa shape index (κ3) is 5.16.